The van der Waals surface area contributed by atoms with Crippen molar-refractivity contribution in [3.05, 3.63) is 0 Å². The molecule has 0 aromatic rings. The third-order valence-corrected chi connectivity index (χ3v) is 3.59. The molecule has 0 saturated carbocycles. The zero-order valence-corrected chi connectivity index (χ0v) is 16.7. The molecule has 1 fully saturated rings. The average molecular weight is 330 g/mol. The number of rotatable bonds is 3. The van der Waals surface area contributed by atoms with E-state index in [1.807, 2.05) is 48.5 Å². The summed E-state index contributed by atoms with van der Waals surface area (Å²) in [6.07, 6.45) is 2.35. The average Bonchev–Trinajstić information content (AvgIpc) is 2.70. The van der Waals surface area contributed by atoms with Gasteiger partial charge < -0.3 is 19.7 Å². The molecule has 0 spiro atoms. The molecule has 1 saturated heterocycles. The Labute approximate surface area is 145 Å². The fourth-order valence-electron chi connectivity index (χ4n) is 1.16. The molecule has 1 aliphatic heterocycles. The topological polar surface area (TPSA) is 58.9 Å². The lowest BCUT2D eigenvalue weighted by Gasteiger charge is -2.33. The van der Waals surface area contributed by atoms with E-state index in [1.165, 1.54) is 0 Å². The summed E-state index contributed by atoms with van der Waals surface area (Å²) in [5, 5.41) is 17.4. The maximum Gasteiger partial charge on any atom is 0.109 e. The SMILES string of the molecule is CC(C)(C)C(C)(C)O.CC(C)O.[B]C1CCC(COC(C)C)O1. The molecule has 1 rings (SSSR count). The highest BCUT2D eigenvalue weighted by Gasteiger charge is 2.29. The van der Waals surface area contributed by atoms with Crippen LogP contribution >= 0.6 is 0 Å². The highest BCUT2D eigenvalue weighted by atomic mass is 16.5. The van der Waals surface area contributed by atoms with Crippen molar-refractivity contribution in [2.75, 3.05) is 6.61 Å². The first-order valence-corrected chi connectivity index (χ1v) is 8.60. The van der Waals surface area contributed by atoms with E-state index in [0.717, 1.165) is 12.8 Å². The van der Waals surface area contributed by atoms with Gasteiger partial charge >= 0.3 is 0 Å². The van der Waals surface area contributed by atoms with Crippen LogP contribution in [0, 0.1) is 5.41 Å². The predicted octanol–water partition coefficient (Wildman–Crippen LogP) is 3.28. The molecule has 138 valence electrons. The molecule has 23 heavy (non-hydrogen) atoms. The van der Waals surface area contributed by atoms with Crippen molar-refractivity contribution in [1.29, 1.82) is 0 Å². The Balaban J connectivity index is 0. The van der Waals surface area contributed by atoms with Crippen molar-refractivity contribution in [1.82, 2.24) is 0 Å². The summed E-state index contributed by atoms with van der Waals surface area (Å²) < 4.78 is 10.8. The Hall–Kier alpha value is -0.0951. The summed E-state index contributed by atoms with van der Waals surface area (Å²) in [6.45, 7) is 17.9. The Kier molecular flexibility index (Phi) is 12.5. The third kappa shape index (κ3) is 16.5. The van der Waals surface area contributed by atoms with Crippen LogP contribution in [-0.2, 0) is 9.47 Å². The van der Waals surface area contributed by atoms with Gasteiger partial charge in [0.2, 0.25) is 0 Å². The van der Waals surface area contributed by atoms with E-state index in [9.17, 15) is 5.11 Å². The molecule has 5 heteroatoms. The molecule has 2 radical (unpaired) electrons. The highest BCUT2D eigenvalue weighted by molar-refractivity contribution is 6.11. The monoisotopic (exact) mass is 330 g/mol. The number of hydrogen-bond acceptors (Lipinski definition) is 4. The van der Waals surface area contributed by atoms with Crippen LogP contribution < -0.4 is 0 Å². The Morgan fingerprint density at radius 3 is 1.70 bits per heavy atom. The number of aliphatic hydroxyl groups is 2. The van der Waals surface area contributed by atoms with Gasteiger partial charge in [-0.05, 0) is 59.8 Å². The first-order chi connectivity index (χ1) is 10.2. The molecule has 2 atom stereocenters. The number of ether oxygens (including phenoxy) is 2. The zero-order chi connectivity index (χ0) is 18.8. The van der Waals surface area contributed by atoms with Crippen molar-refractivity contribution in [2.24, 2.45) is 5.41 Å². The van der Waals surface area contributed by atoms with Gasteiger partial charge in [-0.3, -0.25) is 0 Å². The fraction of sp³-hybridized carbons (Fsp3) is 1.00. The van der Waals surface area contributed by atoms with Crippen molar-refractivity contribution in [3.63, 3.8) is 0 Å². The second-order valence-corrected chi connectivity index (χ2v) is 8.16. The first-order valence-electron chi connectivity index (χ1n) is 8.60. The normalized spacial score (nSPS) is 21.6. The van der Waals surface area contributed by atoms with Crippen LogP contribution in [0.3, 0.4) is 0 Å². The van der Waals surface area contributed by atoms with Crippen LogP contribution in [0.4, 0.5) is 0 Å². The molecular weight excluding hydrogens is 291 g/mol. The van der Waals surface area contributed by atoms with Crippen molar-refractivity contribution < 1.29 is 19.7 Å². The van der Waals surface area contributed by atoms with Gasteiger partial charge in [0.15, 0.2) is 0 Å². The minimum Gasteiger partial charge on any atom is -0.394 e. The predicted molar refractivity (Wildman–Crippen MR) is 97.8 cm³/mol. The highest BCUT2D eigenvalue weighted by Crippen LogP contribution is 2.28. The van der Waals surface area contributed by atoms with Crippen LogP contribution in [0.5, 0.6) is 0 Å². The Morgan fingerprint density at radius 2 is 1.48 bits per heavy atom. The van der Waals surface area contributed by atoms with Crippen LogP contribution in [-0.4, -0.2) is 54.6 Å². The van der Waals surface area contributed by atoms with Crippen LogP contribution in [0.1, 0.15) is 75.2 Å². The second kappa shape index (κ2) is 11.5. The van der Waals surface area contributed by atoms with Crippen LogP contribution in [0.15, 0.2) is 0 Å². The third-order valence-electron chi connectivity index (χ3n) is 3.59. The summed E-state index contributed by atoms with van der Waals surface area (Å²) >= 11 is 0. The lowest BCUT2D eigenvalue weighted by atomic mass is 9.79. The molecule has 0 amide bonds. The van der Waals surface area contributed by atoms with Crippen LogP contribution in [0.2, 0.25) is 0 Å². The van der Waals surface area contributed by atoms with E-state index in [0.29, 0.717) is 6.61 Å². The lowest BCUT2D eigenvalue weighted by molar-refractivity contribution is -0.0238. The number of hydrogen-bond donors (Lipinski definition) is 2. The zero-order valence-electron chi connectivity index (χ0n) is 16.7. The standard InChI is InChI=1S/C8H15BO2.C7H16O.C3H8O/c1-6(2)10-5-7-3-4-8(9)11-7;1-6(2,3)7(4,5)8;1-3(2)4/h6-8H,3-5H2,1-2H3;8H,1-5H3;3-4H,1-2H3. The molecule has 0 bridgehead atoms. The quantitative estimate of drug-likeness (QED) is 0.780. The minimum atomic E-state index is -0.562. The molecule has 0 aliphatic carbocycles. The summed E-state index contributed by atoms with van der Waals surface area (Å²) in [5.41, 5.74) is -0.569. The van der Waals surface area contributed by atoms with Gasteiger partial charge in [0, 0.05) is 12.1 Å². The van der Waals surface area contributed by atoms with E-state index >= 15 is 0 Å². The van der Waals surface area contributed by atoms with Gasteiger partial charge in [-0.2, -0.15) is 0 Å². The smallest absolute Gasteiger partial charge is 0.109 e. The van der Waals surface area contributed by atoms with Gasteiger partial charge in [0.25, 0.3) is 0 Å². The molecule has 2 unspecified atom stereocenters. The minimum absolute atomic E-state index is 0.00694. The van der Waals surface area contributed by atoms with E-state index in [-0.39, 0.29) is 29.7 Å². The van der Waals surface area contributed by atoms with Crippen molar-refractivity contribution in [2.45, 2.75) is 105 Å². The largest absolute Gasteiger partial charge is 0.394 e. The summed E-state index contributed by atoms with van der Waals surface area (Å²) in [6, 6.07) is -0.0595. The van der Waals surface area contributed by atoms with E-state index in [4.69, 9.17) is 22.4 Å². The van der Waals surface area contributed by atoms with E-state index in [1.54, 1.807) is 13.8 Å². The fourth-order valence-corrected chi connectivity index (χ4v) is 1.16. The molecular formula is C18H39BO4. The van der Waals surface area contributed by atoms with Gasteiger partial charge in [0.1, 0.15) is 7.85 Å². The van der Waals surface area contributed by atoms with Gasteiger partial charge in [-0.25, -0.2) is 0 Å². The molecule has 0 aromatic heterocycles. The summed E-state index contributed by atoms with van der Waals surface area (Å²) in [5.74, 6) is 0. The summed E-state index contributed by atoms with van der Waals surface area (Å²) in [7, 11) is 5.55. The van der Waals surface area contributed by atoms with E-state index in [2.05, 4.69) is 0 Å². The molecule has 1 heterocycles. The molecule has 1 aliphatic rings. The molecule has 2 N–H and O–H groups in total. The maximum atomic E-state index is 9.35. The lowest BCUT2D eigenvalue weighted by Crippen LogP contribution is -2.35. The first kappa shape index (κ1) is 25.1. The molecule has 0 aromatic carbocycles. The number of aliphatic hydroxyl groups excluding tert-OH is 1. The maximum absolute atomic E-state index is 9.35. The van der Waals surface area contributed by atoms with Crippen molar-refractivity contribution in [3.8, 4) is 0 Å². The van der Waals surface area contributed by atoms with Crippen molar-refractivity contribution >= 4 is 7.85 Å². The van der Waals surface area contributed by atoms with Crippen LogP contribution in [0.25, 0.3) is 0 Å². The molecule has 4 nitrogen and oxygen atoms in total. The second-order valence-electron chi connectivity index (χ2n) is 8.16. The Morgan fingerprint density at radius 1 is 1.09 bits per heavy atom. The van der Waals surface area contributed by atoms with E-state index < -0.39 is 5.60 Å². The van der Waals surface area contributed by atoms with Gasteiger partial charge in [-0.1, -0.05) is 20.8 Å². The van der Waals surface area contributed by atoms with Gasteiger partial charge in [0.05, 0.1) is 24.4 Å². The van der Waals surface area contributed by atoms with Gasteiger partial charge in [-0.15, -0.1) is 0 Å². The summed E-state index contributed by atoms with van der Waals surface area (Å²) in [4.78, 5) is 0. The Bertz CT molecular complexity index is 265.